The summed E-state index contributed by atoms with van der Waals surface area (Å²) < 4.78 is 0. The number of aromatic carboxylic acids is 1. The lowest BCUT2D eigenvalue weighted by Gasteiger charge is -2.00. The predicted molar refractivity (Wildman–Crippen MR) is 66.3 cm³/mol. The van der Waals surface area contributed by atoms with Crippen LogP contribution in [0.25, 0.3) is 0 Å². The Kier molecular flexibility index (Phi) is 5.14. The number of nitrogens with one attached hydrogen (secondary N) is 1. The van der Waals surface area contributed by atoms with Crippen LogP contribution in [-0.4, -0.2) is 39.8 Å². The van der Waals surface area contributed by atoms with Crippen molar-refractivity contribution in [3.63, 3.8) is 0 Å². The molecule has 0 saturated carbocycles. The van der Waals surface area contributed by atoms with Gasteiger partial charge in [0, 0.05) is 13.1 Å². The Morgan fingerprint density at radius 1 is 1.56 bits per heavy atom. The van der Waals surface area contributed by atoms with Crippen LogP contribution in [0, 0.1) is 11.8 Å². The number of carbonyl (C=O) groups is 2. The number of rotatable bonds is 3. The second-order valence-electron chi connectivity index (χ2n) is 3.14. The van der Waals surface area contributed by atoms with Crippen LogP contribution >= 0.6 is 11.8 Å². The van der Waals surface area contributed by atoms with E-state index in [9.17, 15) is 9.59 Å². The van der Waals surface area contributed by atoms with E-state index in [1.165, 1.54) is 24.9 Å². The van der Waals surface area contributed by atoms with Crippen LogP contribution in [0.5, 0.6) is 0 Å². The van der Waals surface area contributed by atoms with Crippen LogP contribution in [0.1, 0.15) is 23.0 Å². The second-order valence-corrected chi connectivity index (χ2v) is 3.91. The maximum atomic E-state index is 11.0. The van der Waals surface area contributed by atoms with Crippen molar-refractivity contribution in [2.24, 2.45) is 0 Å². The Morgan fingerprint density at radius 3 is 2.83 bits per heavy atom. The molecule has 18 heavy (non-hydrogen) atoms. The Morgan fingerprint density at radius 2 is 2.28 bits per heavy atom. The molecule has 0 saturated heterocycles. The van der Waals surface area contributed by atoms with E-state index in [0.717, 1.165) is 0 Å². The number of carboxylic acids is 1. The first-order chi connectivity index (χ1) is 8.54. The molecule has 0 radical (unpaired) electrons. The fraction of sp³-hybridized carbons (Fsp3) is 0.273. The lowest BCUT2D eigenvalue weighted by molar-refractivity contribution is -0.118. The number of carbonyl (C=O) groups excluding carboxylic acids is 1. The molecule has 0 unspecified atom stereocenters. The molecule has 1 heterocycles. The van der Waals surface area contributed by atoms with Gasteiger partial charge in [0.05, 0.1) is 12.1 Å². The minimum atomic E-state index is -1.16. The van der Waals surface area contributed by atoms with Gasteiger partial charge in [-0.15, -0.1) is 0 Å². The van der Waals surface area contributed by atoms with Crippen LogP contribution < -0.4 is 5.32 Å². The molecule has 0 atom stereocenters. The molecule has 1 rings (SSSR count). The standard InChI is InChI=1S/C11H11N3O3S/c1-7(15)12-5-3-4-8-6-13-11(18-2)14-9(8)10(16)17/h6H,5H2,1-2H3,(H,12,15)(H,16,17). The molecule has 1 aromatic heterocycles. The summed E-state index contributed by atoms with van der Waals surface area (Å²) in [4.78, 5) is 29.4. The van der Waals surface area contributed by atoms with Gasteiger partial charge in [0.15, 0.2) is 10.9 Å². The fourth-order valence-corrected chi connectivity index (χ4v) is 1.37. The van der Waals surface area contributed by atoms with Gasteiger partial charge in [0.25, 0.3) is 0 Å². The lowest BCUT2D eigenvalue weighted by Crippen LogP contribution is -2.19. The van der Waals surface area contributed by atoms with Crippen molar-refractivity contribution in [2.75, 3.05) is 12.8 Å². The zero-order valence-corrected chi connectivity index (χ0v) is 10.7. The van der Waals surface area contributed by atoms with E-state index in [0.29, 0.717) is 5.16 Å². The number of amides is 1. The summed E-state index contributed by atoms with van der Waals surface area (Å²) in [6.45, 7) is 1.53. The van der Waals surface area contributed by atoms with E-state index >= 15 is 0 Å². The third-order valence-electron chi connectivity index (χ3n) is 1.80. The minimum absolute atomic E-state index is 0.135. The van der Waals surface area contributed by atoms with E-state index in [1.54, 1.807) is 6.26 Å². The Labute approximate surface area is 108 Å². The molecule has 1 amide bonds. The third kappa shape index (κ3) is 4.07. The zero-order chi connectivity index (χ0) is 13.5. The first kappa shape index (κ1) is 14.0. The van der Waals surface area contributed by atoms with Crippen molar-refractivity contribution >= 4 is 23.6 Å². The highest BCUT2D eigenvalue weighted by atomic mass is 32.2. The van der Waals surface area contributed by atoms with Gasteiger partial charge in [-0.2, -0.15) is 0 Å². The largest absolute Gasteiger partial charge is 0.476 e. The van der Waals surface area contributed by atoms with Crippen LogP contribution in [-0.2, 0) is 4.79 Å². The van der Waals surface area contributed by atoms with Crippen molar-refractivity contribution in [1.82, 2.24) is 15.3 Å². The van der Waals surface area contributed by atoms with Crippen LogP contribution in [0.2, 0.25) is 0 Å². The topological polar surface area (TPSA) is 92.2 Å². The first-order valence-electron chi connectivity index (χ1n) is 4.92. The highest BCUT2D eigenvalue weighted by Crippen LogP contribution is 2.11. The van der Waals surface area contributed by atoms with Crippen molar-refractivity contribution < 1.29 is 14.7 Å². The molecule has 0 aliphatic rings. The molecule has 94 valence electrons. The van der Waals surface area contributed by atoms with Gasteiger partial charge in [-0.25, -0.2) is 14.8 Å². The van der Waals surface area contributed by atoms with Gasteiger partial charge in [-0.3, -0.25) is 4.79 Å². The van der Waals surface area contributed by atoms with Gasteiger partial charge in [-0.1, -0.05) is 23.6 Å². The Balaban J connectivity index is 2.94. The normalized spacial score (nSPS) is 9.22. The Bertz CT molecular complexity index is 534. The molecular weight excluding hydrogens is 254 g/mol. The lowest BCUT2D eigenvalue weighted by atomic mass is 10.2. The number of thioether (sulfide) groups is 1. The molecule has 0 bridgehead atoms. The maximum Gasteiger partial charge on any atom is 0.355 e. The number of hydrogen-bond donors (Lipinski definition) is 2. The molecule has 7 heteroatoms. The molecular formula is C11H11N3O3S. The first-order valence-corrected chi connectivity index (χ1v) is 6.14. The maximum absolute atomic E-state index is 11.0. The summed E-state index contributed by atoms with van der Waals surface area (Å²) >= 11 is 1.25. The number of hydrogen-bond acceptors (Lipinski definition) is 5. The van der Waals surface area contributed by atoms with Crippen molar-refractivity contribution in [1.29, 1.82) is 0 Å². The second kappa shape index (κ2) is 6.61. The summed E-state index contributed by atoms with van der Waals surface area (Å²) in [5, 5.41) is 11.9. The average molecular weight is 265 g/mol. The van der Waals surface area contributed by atoms with E-state index in [4.69, 9.17) is 5.11 Å². The van der Waals surface area contributed by atoms with Crippen LogP contribution in [0.3, 0.4) is 0 Å². The van der Waals surface area contributed by atoms with Gasteiger partial charge in [-0.05, 0) is 6.26 Å². The summed E-state index contributed by atoms with van der Waals surface area (Å²) in [6, 6.07) is 0. The Hall–Kier alpha value is -2.07. The van der Waals surface area contributed by atoms with Crippen LogP contribution in [0.15, 0.2) is 11.4 Å². The molecule has 0 spiro atoms. The van der Waals surface area contributed by atoms with E-state index in [2.05, 4.69) is 27.1 Å². The molecule has 1 aromatic rings. The van der Waals surface area contributed by atoms with Crippen molar-refractivity contribution in [2.45, 2.75) is 12.1 Å². The summed E-state index contributed by atoms with van der Waals surface area (Å²) in [5.41, 5.74) is 0.0929. The number of nitrogens with zero attached hydrogens (tertiary/aromatic N) is 2. The number of carboxylic acid groups (broad SMARTS) is 1. The van der Waals surface area contributed by atoms with Crippen molar-refractivity contribution in [3.05, 3.63) is 17.5 Å². The van der Waals surface area contributed by atoms with E-state index in [1.807, 2.05) is 0 Å². The third-order valence-corrected chi connectivity index (χ3v) is 2.36. The monoisotopic (exact) mass is 265 g/mol. The summed E-state index contributed by atoms with van der Waals surface area (Å²) in [6.07, 6.45) is 3.12. The predicted octanol–water partition coefficient (Wildman–Crippen LogP) is 0.384. The molecule has 6 nitrogen and oxygen atoms in total. The van der Waals surface area contributed by atoms with Gasteiger partial charge in [0.2, 0.25) is 5.91 Å². The minimum Gasteiger partial charge on any atom is -0.476 e. The smallest absolute Gasteiger partial charge is 0.355 e. The molecule has 2 N–H and O–H groups in total. The van der Waals surface area contributed by atoms with Crippen LogP contribution in [0.4, 0.5) is 0 Å². The van der Waals surface area contributed by atoms with Gasteiger partial charge in [0.1, 0.15) is 0 Å². The summed E-state index contributed by atoms with van der Waals surface area (Å²) in [5.74, 6) is 3.90. The zero-order valence-electron chi connectivity index (χ0n) is 9.85. The quantitative estimate of drug-likeness (QED) is 0.466. The van der Waals surface area contributed by atoms with E-state index < -0.39 is 5.97 Å². The molecule has 0 aromatic carbocycles. The average Bonchev–Trinajstić information content (AvgIpc) is 2.34. The SMILES string of the molecule is CSc1ncc(C#CCNC(C)=O)c(C(=O)O)n1. The van der Waals surface area contributed by atoms with Crippen molar-refractivity contribution in [3.8, 4) is 11.8 Å². The fourth-order valence-electron chi connectivity index (χ4n) is 1.03. The number of aromatic nitrogens is 2. The molecule has 0 aliphatic carbocycles. The highest BCUT2D eigenvalue weighted by Gasteiger charge is 2.12. The molecule has 0 aliphatic heterocycles. The highest BCUT2D eigenvalue weighted by molar-refractivity contribution is 7.98. The molecule has 0 fully saturated rings. The van der Waals surface area contributed by atoms with Gasteiger partial charge < -0.3 is 10.4 Å². The summed E-state index contributed by atoms with van der Waals surface area (Å²) in [7, 11) is 0. The van der Waals surface area contributed by atoms with Gasteiger partial charge >= 0.3 is 5.97 Å². The van der Waals surface area contributed by atoms with E-state index in [-0.39, 0.29) is 23.7 Å².